The van der Waals surface area contributed by atoms with Crippen molar-refractivity contribution in [2.45, 2.75) is 219 Å². The van der Waals surface area contributed by atoms with Crippen LogP contribution in [0.1, 0.15) is 206 Å². The number of hydrogen-bond donors (Lipinski definition) is 3. The van der Waals surface area contributed by atoms with Crippen LogP contribution in [0.2, 0.25) is 0 Å². The molecule has 0 aromatic rings. The van der Waals surface area contributed by atoms with Gasteiger partial charge < -0.3 is 15.5 Å². The first kappa shape index (κ1) is 58.5. The largest absolute Gasteiger partial charge is 0.394 e. The van der Waals surface area contributed by atoms with Gasteiger partial charge in [0.25, 0.3) is 0 Å². The molecule has 350 valence electrons. The molecule has 0 bridgehead atoms. The maximum absolute atomic E-state index is 12.4. The molecule has 2 atom stereocenters. The molecule has 2 unspecified atom stereocenters. The molecule has 0 aliphatic carbocycles. The van der Waals surface area contributed by atoms with Crippen LogP contribution in [0, 0.1) is 0 Å². The zero-order valence-electron chi connectivity index (χ0n) is 40.1. The molecular weight excluding hydrogens is 759 g/mol. The fourth-order valence-corrected chi connectivity index (χ4v) is 6.75. The van der Waals surface area contributed by atoms with E-state index in [1.54, 1.807) is 6.08 Å². The van der Waals surface area contributed by atoms with Crippen molar-refractivity contribution in [3.05, 3.63) is 134 Å². The summed E-state index contributed by atoms with van der Waals surface area (Å²) in [6, 6.07) is -0.680. The third kappa shape index (κ3) is 47.6. The van der Waals surface area contributed by atoms with Gasteiger partial charge in [0.05, 0.1) is 18.8 Å². The van der Waals surface area contributed by atoms with Gasteiger partial charge in [0.15, 0.2) is 0 Å². The first-order valence-corrected chi connectivity index (χ1v) is 25.4. The maximum atomic E-state index is 12.4. The standard InChI is InChI=1S/C58H95NO3/c1-3-5-7-9-11-13-15-17-19-21-23-25-27-28-29-30-32-34-36-38-40-42-44-46-48-50-52-54-58(62)59-56(55-60)57(61)53-51-49-47-45-43-41-39-37-35-33-31-26-24-22-20-18-16-14-12-10-8-6-4-2/h5,7,11,13,17,19,23,25,28-29,32,34-35,37-38,40,43-46,51,53,56-57,60-61H,3-4,6,8-10,12,14-16,18,20-22,24,26-27,30-31,33,36,39,41-42,47-50,52,54-55H2,1-2H3,(H,59,62)/b7-5-,13-11-,19-17-,25-23-,29-28-,34-32-,37-35+,40-38-,45-43+,46-44-,53-51+. The lowest BCUT2D eigenvalue weighted by molar-refractivity contribution is -0.123. The second kappa shape index (κ2) is 51.9. The number of carbonyl (C=O) groups excluding carboxylic acids is 1. The monoisotopic (exact) mass is 854 g/mol. The molecule has 1 amide bonds. The van der Waals surface area contributed by atoms with E-state index in [-0.39, 0.29) is 12.5 Å². The molecule has 3 N–H and O–H groups in total. The number of carbonyl (C=O) groups is 1. The van der Waals surface area contributed by atoms with Gasteiger partial charge in [-0.3, -0.25) is 4.79 Å². The second-order valence-corrected chi connectivity index (χ2v) is 16.5. The first-order valence-electron chi connectivity index (χ1n) is 25.4. The Balaban J connectivity index is 3.77. The van der Waals surface area contributed by atoms with Gasteiger partial charge in [0, 0.05) is 6.42 Å². The molecule has 0 heterocycles. The Labute approximate surface area is 383 Å². The van der Waals surface area contributed by atoms with Crippen molar-refractivity contribution in [1.29, 1.82) is 0 Å². The summed E-state index contributed by atoms with van der Waals surface area (Å²) in [5.74, 6) is -0.126. The number of allylic oxidation sites excluding steroid dienone is 21. The summed E-state index contributed by atoms with van der Waals surface area (Å²) in [5.41, 5.74) is 0. The zero-order valence-corrected chi connectivity index (χ0v) is 40.1. The number of rotatable bonds is 44. The summed E-state index contributed by atoms with van der Waals surface area (Å²) in [6.07, 6.45) is 81.5. The molecule has 0 fully saturated rings. The molecular formula is C58H95NO3. The summed E-state index contributed by atoms with van der Waals surface area (Å²) in [6.45, 7) is 4.15. The van der Waals surface area contributed by atoms with Crippen LogP contribution >= 0.6 is 0 Å². The van der Waals surface area contributed by atoms with Crippen molar-refractivity contribution >= 4 is 5.91 Å². The molecule has 0 aromatic carbocycles. The number of aliphatic hydroxyl groups is 2. The van der Waals surface area contributed by atoms with Crippen molar-refractivity contribution in [2.75, 3.05) is 6.61 Å². The van der Waals surface area contributed by atoms with E-state index in [4.69, 9.17) is 0 Å². The third-order valence-electron chi connectivity index (χ3n) is 10.6. The van der Waals surface area contributed by atoms with Crippen molar-refractivity contribution in [1.82, 2.24) is 5.32 Å². The van der Waals surface area contributed by atoms with Crippen LogP contribution in [0.25, 0.3) is 0 Å². The van der Waals surface area contributed by atoms with Crippen LogP contribution in [0.4, 0.5) is 0 Å². The molecule has 0 radical (unpaired) electrons. The van der Waals surface area contributed by atoms with Gasteiger partial charge in [0.2, 0.25) is 5.91 Å². The van der Waals surface area contributed by atoms with E-state index >= 15 is 0 Å². The highest BCUT2D eigenvalue weighted by Crippen LogP contribution is 2.13. The van der Waals surface area contributed by atoms with Crippen molar-refractivity contribution < 1.29 is 15.0 Å². The highest BCUT2D eigenvalue weighted by atomic mass is 16.3. The summed E-state index contributed by atoms with van der Waals surface area (Å²) in [4.78, 5) is 12.4. The molecule has 62 heavy (non-hydrogen) atoms. The number of amides is 1. The number of hydrogen-bond acceptors (Lipinski definition) is 3. The van der Waals surface area contributed by atoms with Crippen LogP contribution in [-0.4, -0.2) is 34.9 Å². The first-order chi connectivity index (χ1) is 30.7. The summed E-state index contributed by atoms with van der Waals surface area (Å²) < 4.78 is 0. The van der Waals surface area contributed by atoms with E-state index in [2.05, 4.69) is 141 Å². The van der Waals surface area contributed by atoms with Gasteiger partial charge in [-0.05, 0) is 109 Å². The van der Waals surface area contributed by atoms with Crippen molar-refractivity contribution in [3.8, 4) is 0 Å². The highest BCUT2D eigenvalue weighted by Gasteiger charge is 2.17. The normalized spacial score (nSPS) is 14.1. The molecule has 4 heteroatoms. The van der Waals surface area contributed by atoms with E-state index in [0.29, 0.717) is 6.42 Å². The summed E-state index contributed by atoms with van der Waals surface area (Å²) in [7, 11) is 0. The van der Waals surface area contributed by atoms with Crippen LogP contribution in [-0.2, 0) is 4.79 Å². The van der Waals surface area contributed by atoms with Gasteiger partial charge in [0.1, 0.15) is 0 Å². The molecule has 0 aromatic heterocycles. The average Bonchev–Trinajstić information content (AvgIpc) is 3.28. The highest BCUT2D eigenvalue weighted by molar-refractivity contribution is 5.76. The lowest BCUT2D eigenvalue weighted by Crippen LogP contribution is -2.45. The van der Waals surface area contributed by atoms with Crippen molar-refractivity contribution in [3.63, 3.8) is 0 Å². The van der Waals surface area contributed by atoms with Gasteiger partial charge in [-0.2, -0.15) is 0 Å². The Morgan fingerprint density at radius 2 is 0.726 bits per heavy atom. The quantitative estimate of drug-likeness (QED) is 0.0422. The Morgan fingerprint density at radius 1 is 0.403 bits per heavy atom. The molecule has 0 spiro atoms. The molecule has 4 nitrogen and oxygen atoms in total. The third-order valence-corrected chi connectivity index (χ3v) is 10.6. The minimum absolute atomic E-state index is 0.126. The zero-order chi connectivity index (χ0) is 44.9. The van der Waals surface area contributed by atoms with Crippen LogP contribution in [0.15, 0.2) is 134 Å². The predicted molar refractivity (Wildman–Crippen MR) is 275 cm³/mol. The topological polar surface area (TPSA) is 69.6 Å². The van der Waals surface area contributed by atoms with Gasteiger partial charge in [-0.1, -0.05) is 225 Å². The Bertz CT molecular complexity index is 1290. The number of unbranched alkanes of at least 4 members (excludes halogenated alkanes) is 17. The smallest absolute Gasteiger partial charge is 0.220 e. The molecule has 0 aliphatic rings. The van der Waals surface area contributed by atoms with Crippen molar-refractivity contribution in [2.24, 2.45) is 0 Å². The van der Waals surface area contributed by atoms with E-state index in [0.717, 1.165) is 96.3 Å². The Kier molecular flexibility index (Phi) is 49.0. The molecule has 0 saturated carbocycles. The van der Waals surface area contributed by atoms with Crippen LogP contribution in [0.3, 0.4) is 0 Å². The average molecular weight is 854 g/mol. The number of nitrogens with one attached hydrogen (secondary N) is 1. The predicted octanol–water partition coefficient (Wildman–Crippen LogP) is 16.7. The van der Waals surface area contributed by atoms with Gasteiger partial charge >= 0.3 is 0 Å². The van der Waals surface area contributed by atoms with Gasteiger partial charge in [-0.15, -0.1) is 0 Å². The minimum atomic E-state index is -0.900. The van der Waals surface area contributed by atoms with Crippen LogP contribution in [0.5, 0.6) is 0 Å². The lowest BCUT2D eigenvalue weighted by atomic mass is 10.0. The van der Waals surface area contributed by atoms with E-state index in [1.807, 2.05) is 6.08 Å². The van der Waals surface area contributed by atoms with Crippen LogP contribution < -0.4 is 5.32 Å². The Morgan fingerprint density at radius 3 is 1.13 bits per heavy atom. The fourth-order valence-electron chi connectivity index (χ4n) is 6.75. The Hall–Kier alpha value is -3.47. The molecule has 0 rings (SSSR count). The van der Waals surface area contributed by atoms with E-state index in [1.165, 1.54) is 89.9 Å². The molecule has 0 saturated heterocycles. The summed E-state index contributed by atoms with van der Waals surface area (Å²) in [5, 5.41) is 23.0. The molecule has 0 aliphatic heterocycles. The second-order valence-electron chi connectivity index (χ2n) is 16.5. The van der Waals surface area contributed by atoms with E-state index < -0.39 is 12.1 Å². The minimum Gasteiger partial charge on any atom is -0.394 e. The number of aliphatic hydroxyl groups excluding tert-OH is 2. The van der Waals surface area contributed by atoms with Gasteiger partial charge in [-0.25, -0.2) is 0 Å². The maximum Gasteiger partial charge on any atom is 0.220 e. The summed E-state index contributed by atoms with van der Waals surface area (Å²) >= 11 is 0. The SMILES string of the molecule is CC/C=C\C/C=C\C/C=C\C/C=C\C/C=C\C/C=C\C/C=C\C/C=C\CCCCC(=O)NC(CO)C(O)/C=C/CC/C=C/CC/C=C/CCCCCCCCCCCCCCC. The fraction of sp³-hybridized carbons (Fsp3) is 0.603. The van der Waals surface area contributed by atoms with E-state index in [9.17, 15) is 15.0 Å². The lowest BCUT2D eigenvalue weighted by Gasteiger charge is -2.19.